The van der Waals surface area contributed by atoms with E-state index in [1.54, 1.807) is 0 Å². The molecule has 5 nitrogen and oxygen atoms in total. The van der Waals surface area contributed by atoms with Gasteiger partial charge >= 0.3 is 0 Å². The van der Waals surface area contributed by atoms with Gasteiger partial charge in [0.05, 0.1) is 11.4 Å². The highest BCUT2D eigenvalue weighted by Crippen LogP contribution is 2.34. The normalized spacial score (nSPS) is 20.1. The molecule has 5 heteroatoms. The third-order valence-corrected chi connectivity index (χ3v) is 3.75. The van der Waals surface area contributed by atoms with Crippen LogP contribution in [0.15, 0.2) is 0 Å². The number of nitrogens with zero attached hydrogens (tertiary/aromatic N) is 3. The van der Waals surface area contributed by atoms with Crippen molar-refractivity contribution in [1.29, 1.82) is 0 Å². The van der Waals surface area contributed by atoms with Crippen molar-refractivity contribution in [3.05, 3.63) is 5.69 Å². The Morgan fingerprint density at radius 2 is 2.22 bits per heavy atom. The van der Waals surface area contributed by atoms with E-state index >= 15 is 0 Å². The molecular weight excluding hydrogens is 228 g/mol. The second-order valence-corrected chi connectivity index (χ2v) is 5.51. The Labute approximate surface area is 109 Å². The topological polar surface area (TPSA) is 67.3 Å². The summed E-state index contributed by atoms with van der Waals surface area (Å²) in [5, 5.41) is 13.5. The molecular formula is C13H24N4O. The highest BCUT2D eigenvalue weighted by Gasteiger charge is 2.27. The fourth-order valence-electron chi connectivity index (χ4n) is 2.80. The zero-order valence-corrected chi connectivity index (χ0v) is 11.6. The number of hydrogen-bond donors (Lipinski definition) is 2. The number of nitrogens with two attached hydrogens (primary N) is 1. The van der Waals surface area contributed by atoms with E-state index in [0.717, 1.165) is 43.1 Å². The van der Waals surface area contributed by atoms with E-state index in [-0.39, 0.29) is 6.61 Å². The van der Waals surface area contributed by atoms with Gasteiger partial charge in [-0.15, -0.1) is 0 Å². The number of rotatable bonds is 4. The molecule has 102 valence electrons. The van der Waals surface area contributed by atoms with Gasteiger partial charge in [-0.3, -0.25) is 4.68 Å². The molecule has 2 heterocycles. The summed E-state index contributed by atoms with van der Waals surface area (Å²) in [6.45, 7) is 6.48. The quantitative estimate of drug-likeness (QED) is 0.848. The molecule has 1 saturated heterocycles. The summed E-state index contributed by atoms with van der Waals surface area (Å²) in [5.41, 5.74) is 8.03. The lowest BCUT2D eigenvalue weighted by atomic mass is 10.1. The molecule has 1 aromatic rings. The fraction of sp³-hybridized carbons (Fsp3) is 0.769. The second kappa shape index (κ2) is 5.18. The molecule has 1 aliphatic rings. The Balaban J connectivity index is 2.19. The zero-order chi connectivity index (χ0) is 13.3. The molecule has 0 aliphatic carbocycles. The van der Waals surface area contributed by atoms with Crippen molar-refractivity contribution >= 4 is 11.5 Å². The highest BCUT2D eigenvalue weighted by molar-refractivity contribution is 5.67. The van der Waals surface area contributed by atoms with Gasteiger partial charge in [0.15, 0.2) is 0 Å². The molecule has 1 atom stereocenters. The number of hydrogen-bond acceptors (Lipinski definition) is 4. The molecule has 0 aromatic carbocycles. The van der Waals surface area contributed by atoms with Crippen molar-refractivity contribution in [1.82, 2.24) is 9.78 Å². The first-order valence-corrected chi connectivity index (χ1v) is 6.72. The number of aryl methyl sites for hydroxylation is 1. The van der Waals surface area contributed by atoms with E-state index in [1.165, 1.54) is 0 Å². The van der Waals surface area contributed by atoms with E-state index < -0.39 is 0 Å². The second-order valence-electron chi connectivity index (χ2n) is 5.51. The predicted molar refractivity (Wildman–Crippen MR) is 73.7 cm³/mol. The maximum Gasteiger partial charge on any atom is 0.150 e. The minimum Gasteiger partial charge on any atom is -0.396 e. The smallest absolute Gasteiger partial charge is 0.150 e. The van der Waals surface area contributed by atoms with Gasteiger partial charge in [-0.25, -0.2) is 0 Å². The van der Waals surface area contributed by atoms with Crippen molar-refractivity contribution in [3.8, 4) is 0 Å². The first-order chi connectivity index (χ1) is 8.54. The van der Waals surface area contributed by atoms with E-state index in [9.17, 15) is 0 Å². The van der Waals surface area contributed by atoms with Crippen LogP contribution in [0.1, 0.15) is 38.3 Å². The van der Waals surface area contributed by atoms with Crippen LogP contribution in [-0.2, 0) is 7.05 Å². The van der Waals surface area contributed by atoms with Crippen molar-refractivity contribution in [2.75, 3.05) is 30.3 Å². The number of nitrogen functional groups attached to an aromatic ring is 1. The summed E-state index contributed by atoms with van der Waals surface area (Å²) in [5.74, 6) is 1.96. The van der Waals surface area contributed by atoms with Crippen molar-refractivity contribution in [2.24, 2.45) is 13.0 Å². The monoisotopic (exact) mass is 252 g/mol. The van der Waals surface area contributed by atoms with Crippen LogP contribution in [0, 0.1) is 5.92 Å². The van der Waals surface area contributed by atoms with Crippen molar-refractivity contribution in [2.45, 2.75) is 32.6 Å². The summed E-state index contributed by atoms with van der Waals surface area (Å²) in [6, 6.07) is 0. The molecule has 1 aliphatic heterocycles. The van der Waals surface area contributed by atoms with Crippen LogP contribution in [-0.4, -0.2) is 34.6 Å². The average Bonchev–Trinajstić information content (AvgIpc) is 2.84. The van der Waals surface area contributed by atoms with E-state index in [1.807, 2.05) is 11.7 Å². The minimum atomic E-state index is 0.274. The van der Waals surface area contributed by atoms with E-state index in [0.29, 0.717) is 11.8 Å². The molecule has 0 amide bonds. The van der Waals surface area contributed by atoms with Gasteiger partial charge in [0.1, 0.15) is 5.82 Å². The summed E-state index contributed by atoms with van der Waals surface area (Å²) in [6.07, 6.45) is 2.01. The number of aromatic nitrogens is 2. The summed E-state index contributed by atoms with van der Waals surface area (Å²) < 4.78 is 1.89. The molecule has 2 rings (SSSR count). The third-order valence-electron chi connectivity index (χ3n) is 3.75. The number of anilines is 2. The molecule has 1 fully saturated rings. The van der Waals surface area contributed by atoms with Crippen LogP contribution in [0.3, 0.4) is 0 Å². The standard InChI is InChI=1S/C13H24N4O/c1-9(2)12-11(14)13(16(3)15-12)17-6-4-10(8-17)5-7-18/h9-10,18H,4-8,14H2,1-3H3. The largest absolute Gasteiger partial charge is 0.396 e. The van der Waals surface area contributed by atoms with Crippen LogP contribution >= 0.6 is 0 Å². The SMILES string of the molecule is CC(C)c1nn(C)c(N2CCC(CCO)C2)c1N. The maximum atomic E-state index is 9.01. The lowest BCUT2D eigenvalue weighted by Crippen LogP contribution is -2.23. The van der Waals surface area contributed by atoms with Gasteiger partial charge in [-0.1, -0.05) is 13.8 Å². The van der Waals surface area contributed by atoms with Crippen LogP contribution < -0.4 is 10.6 Å². The first-order valence-electron chi connectivity index (χ1n) is 6.72. The third kappa shape index (κ3) is 2.32. The van der Waals surface area contributed by atoms with Crippen molar-refractivity contribution < 1.29 is 5.11 Å². The molecule has 0 spiro atoms. The van der Waals surface area contributed by atoms with Gasteiger partial charge in [0.2, 0.25) is 0 Å². The van der Waals surface area contributed by atoms with E-state index in [4.69, 9.17) is 10.8 Å². The Bertz CT molecular complexity index is 413. The van der Waals surface area contributed by atoms with E-state index in [2.05, 4.69) is 23.8 Å². The van der Waals surface area contributed by atoms with Crippen LogP contribution in [0.5, 0.6) is 0 Å². The van der Waals surface area contributed by atoms with Gasteiger partial charge in [0, 0.05) is 26.7 Å². The maximum absolute atomic E-state index is 9.01. The highest BCUT2D eigenvalue weighted by atomic mass is 16.3. The molecule has 1 unspecified atom stereocenters. The summed E-state index contributed by atoms with van der Waals surface area (Å²) >= 11 is 0. The zero-order valence-electron chi connectivity index (χ0n) is 11.6. The number of aliphatic hydroxyl groups is 1. The lowest BCUT2D eigenvalue weighted by molar-refractivity contribution is 0.263. The Kier molecular flexibility index (Phi) is 3.80. The predicted octanol–water partition coefficient (Wildman–Crippen LogP) is 1.33. The van der Waals surface area contributed by atoms with Crippen LogP contribution in [0.25, 0.3) is 0 Å². The molecule has 3 N–H and O–H groups in total. The molecule has 0 saturated carbocycles. The van der Waals surface area contributed by atoms with Crippen LogP contribution in [0.4, 0.5) is 11.5 Å². The average molecular weight is 252 g/mol. The van der Waals surface area contributed by atoms with Gasteiger partial charge in [-0.2, -0.15) is 5.10 Å². The summed E-state index contributed by atoms with van der Waals surface area (Å²) in [7, 11) is 1.96. The minimum absolute atomic E-state index is 0.274. The van der Waals surface area contributed by atoms with Gasteiger partial charge < -0.3 is 15.7 Å². The lowest BCUT2D eigenvalue weighted by Gasteiger charge is -2.19. The summed E-state index contributed by atoms with van der Waals surface area (Å²) in [4.78, 5) is 2.30. The molecule has 18 heavy (non-hydrogen) atoms. The van der Waals surface area contributed by atoms with Gasteiger partial charge in [0.25, 0.3) is 0 Å². The fourth-order valence-corrected chi connectivity index (χ4v) is 2.80. The van der Waals surface area contributed by atoms with Gasteiger partial charge in [-0.05, 0) is 24.7 Å². The number of aliphatic hydroxyl groups excluding tert-OH is 1. The Hall–Kier alpha value is -1.23. The molecule has 0 radical (unpaired) electrons. The van der Waals surface area contributed by atoms with Crippen LogP contribution in [0.2, 0.25) is 0 Å². The Morgan fingerprint density at radius 3 is 2.78 bits per heavy atom. The Morgan fingerprint density at radius 1 is 1.50 bits per heavy atom. The molecule has 0 bridgehead atoms. The molecule has 1 aromatic heterocycles. The van der Waals surface area contributed by atoms with Crippen molar-refractivity contribution in [3.63, 3.8) is 0 Å². The first kappa shape index (κ1) is 13.2.